The molecule has 0 heterocycles. The fourth-order valence-corrected chi connectivity index (χ4v) is 2.77. The van der Waals surface area contributed by atoms with Crippen molar-refractivity contribution in [2.24, 2.45) is 5.41 Å². The Hall–Kier alpha value is -1.87. The number of allylic oxidation sites excluding steroid dienone is 3. The van der Waals surface area contributed by atoms with Crippen LogP contribution in [0, 0.1) is 5.41 Å². The van der Waals surface area contributed by atoms with Gasteiger partial charge < -0.3 is 5.32 Å². The van der Waals surface area contributed by atoms with E-state index in [-0.39, 0.29) is 11.3 Å². The summed E-state index contributed by atoms with van der Waals surface area (Å²) in [6.45, 7) is 6.96. The van der Waals surface area contributed by atoms with E-state index >= 15 is 0 Å². The van der Waals surface area contributed by atoms with Crippen molar-refractivity contribution in [3.05, 3.63) is 70.7 Å². The first-order valence-corrected chi connectivity index (χ1v) is 8.93. The minimum absolute atomic E-state index is 0.0508. The Labute approximate surface area is 152 Å². The van der Waals surface area contributed by atoms with Gasteiger partial charge in [0.25, 0.3) is 0 Å². The van der Waals surface area contributed by atoms with Gasteiger partial charge in [0.1, 0.15) is 0 Å². The summed E-state index contributed by atoms with van der Waals surface area (Å²) in [4.78, 5) is 11.7. The predicted molar refractivity (Wildman–Crippen MR) is 106 cm³/mol. The standard InChI is InChI=1S/C21H24BrNO/c1-21(2,3)15-23-20(24)11-6-4-5-8-16-12-13-18-17(14-16)9-7-10-19(18)22/h4-7,9-14H,8,15H2,1-3H3,(H,23,24)/b5-4+,11-6+. The van der Waals surface area contributed by atoms with Crippen LogP contribution in [0.5, 0.6) is 0 Å². The minimum Gasteiger partial charge on any atom is -0.352 e. The normalized spacial score (nSPS) is 12.3. The van der Waals surface area contributed by atoms with E-state index < -0.39 is 0 Å². The fraction of sp³-hybridized carbons (Fsp3) is 0.286. The minimum atomic E-state index is -0.0508. The van der Waals surface area contributed by atoms with Crippen molar-refractivity contribution in [1.82, 2.24) is 5.32 Å². The Morgan fingerprint density at radius 2 is 1.96 bits per heavy atom. The van der Waals surface area contributed by atoms with Crippen molar-refractivity contribution >= 4 is 32.6 Å². The van der Waals surface area contributed by atoms with E-state index in [1.54, 1.807) is 12.2 Å². The molecule has 2 rings (SSSR count). The number of halogens is 1. The molecule has 3 heteroatoms. The number of fused-ring (bicyclic) bond motifs is 1. The summed E-state index contributed by atoms with van der Waals surface area (Å²) in [6.07, 6.45) is 8.18. The molecule has 0 unspecified atom stereocenters. The van der Waals surface area contributed by atoms with Gasteiger partial charge in [0.05, 0.1) is 0 Å². The van der Waals surface area contributed by atoms with Gasteiger partial charge in [-0.1, -0.05) is 85.3 Å². The van der Waals surface area contributed by atoms with Crippen molar-refractivity contribution < 1.29 is 4.79 Å². The summed E-state index contributed by atoms with van der Waals surface area (Å²) in [5, 5.41) is 5.34. The lowest BCUT2D eigenvalue weighted by Gasteiger charge is -2.17. The van der Waals surface area contributed by atoms with E-state index in [1.807, 2.05) is 12.1 Å². The van der Waals surface area contributed by atoms with Crippen LogP contribution in [0.15, 0.2) is 65.2 Å². The van der Waals surface area contributed by atoms with Gasteiger partial charge in [-0.3, -0.25) is 4.79 Å². The molecule has 2 nitrogen and oxygen atoms in total. The third-order valence-electron chi connectivity index (χ3n) is 3.53. The van der Waals surface area contributed by atoms with Gasteiger partial charge in [-0.05, 0) is 34.2 Å². The second-order valence-corrected chi connectivity index (χ2v) is 7.92. The largest absolute Gasteiger partial charge is 0.352 e. The molecule has 0 aliphatic carbocycles. The van der Waals surface area contributed by atoms with Crippen LogP contribution in [0.25, 0.3) is 10.8 Å². The molecule has 1 N–H and O–H groups in total. The molecule has 2 aromatic carbocycles. The van der Waals surface area contributed by atoms with Crippen molar-refractivity contribution in [2.45, 2.75) is 27.2 Å². The molecule has 24 heavy (non-hydrogen) atoms. The molecule has 0 bridgehead atoms. The summed E-state index contributed by atoms with van der Waals surface area (Å²) >= 11 is 3.57. The van der Waals surface area contributed by atoms with E-state index in [0.717, 1.165) is 10.9 Å². The Morgan fingerprint density at radius 1 is 1.17 bits per heavy atom. The number of amides is 1. The topological polar surface area (TPSA) is 29.1 Å². The van der Waals surface area contributed by atoms with E-state index in [4.69, 9.17) is 0 Å². The third-order valence-corrected chi connectivity index (χ3v) is 4.22. The van der Waals surface area contributed by atoms with Crippen LogP contribution in [0.3, 0.4) is 0 Å². The first-order chi connectivity index (χ1) is 11.3. The van der Waals surface area contributed by atoms with Crippen molar-refractivity contribution in [1.29, 1.82) is 0 Å². The average molecular weight is 386 g/mol. The molecule has 0 spiro atoms. The Bertz CT molecular complexity index is 769. The zero-order chi connectivity index (χ0) is 17.6. The highest BCUT2D eigenvalue weighted by Crippen LogP contribution is 2.24. The average Bonchev–Trinajstić information content (AvgIpc) is 2.52. The molecule has 0 aliphatic heterocycles. The number of hydrogen-bond donors (Lipinski definition) is 1. The van der Waals surface area contributed by atoms with E-state index in [2.05, 4.69) is 78.4 Å². The Balaban J connectivity index is 1.88. The molecule has 0 aliphatic rings. The molecule has 0 atom stereocenters. The molecule has 0 fully saturated rings. The number of carbonyl (C=O) groups excluding carboxylic acids is 1. The van der Waals surface area contributed by atoms with Gasteiger partial charge in [-0.15, -0.1) is 0 Å². The van der Waals surface area contributed by atoms with Crippen LogP contribution in [-0.4, -0.2) is 12.5 Å². The molecule has 0 aromatic heterocycles. The number of benzene rings is 2. The van der Waals surface area contributed by atoms with Crippen LogP contribution in [0.4, 0.5) is 0 Å². The van der Waals surface area contributed by atoms with Gasteiger partial charge in [-0.25, -0.2) is 0 Å². The zero-order valence-corrected chi connectivity index (χ0v) is 16.1. The maximum atomic E-state index is 11.7. The number of hydrogen-bond acceptors (Lipinski definition) is 1. The van der Waals surface area contributed by atoms with Gasteiger partial charge in [0, 0.05) is 17.1 Å². The SMILES string of the molecule is CC(C)(C)CNC(=O)/C=C/C=C/Cc1ccc2c(Br)cccc2c1. The molecule has 0 saturated carbocycles. The number of carbonyl (C=O) groups is 1. The monoisotopic (exact) mass is 385 g/mol. The lowest BCUT2D eigenvalue weighted by atomic mass is 9.97. The third kappa shape index (κ3) is 5.97. The summed E-state index contributed by atoms with van der Waals surface area (Å²) in [5.41, 5.74) is 1.35. The fourth-order valence-electron chi connectivity index (χ4n) is 2.26. The van der Waals surface area contributed by atoms with Gasteiger partial charge in [-0.2, -0.15) is 0 Å². The molecular formula is C21H24BrNO. The van der Waals surface area contributed by atoms with Crippen molar-refractivity contribution in [3.63, 3.8) is 0 Å². The summed E-state index contributed by atoms with van der Waals surface area (Å²) in [5.74, 6) is -0.0508. The quantitative estimate of drug-likeness (QED) is 0.540. The summed E-state index contributed by atoms with van der Waals surface area (Å²) < 4.78 is 1.12. The van der Waals surface area contributed by atoms with E-state index in [1.165, 1.54) is 16.3 Å². The Morgan fingerprint density at radius 3 is 2.71 bits per heavy atom. The maximum Gasteiger partial charge on any atom is 0.243 e. The second kappa shape index (κ2) is 8.29. The number of nitrogens with one attached hydrogen (secondary N) is 1. The van der Waals surface area contributed by atoms with Crippen LogP contribution < -0.4 is 5.32 Å². The number of rotatable bonds is 5. The maximum absolute atomic E-state index is 11.7. The molecule has 0 radical (unpaired) electrons. The highest BCUT2D eigenvalue weighted by Gasteiger charge is 2.10. The first-order valence-electron chi connectivity index (χ1n) is 8.13. The smallest absolute Gasteiger partial charge is 0.243 e. The van der Waals surface area contributed by atoms with Gasteiger partial charge in [0.2, 0.25) is 5.91 Å². The molecule has 0 saturated heterocycles. The van der Waals surface area contributed by atoms with E-state index in [9.17, 15) is 4.79 Å². The highest BCUT2D eigenvalue weighted by atomic mass is 79.9. The Kier molecular flexibility index (Phi) is 6.38. The van der Waals surface area contributed by atoms with Crippen LogP contribution in [-0.2, 0) is 11.2 Å². The van der Waals surface area contributed by atoms with Crippen molar-refractivity contribution in [3.8, 4) is 0 Å². The van der Waals surface area contributed by atoms with Gasteiger partial charge >= 0.3 is 0 Å². The van der Waals surface area contributed by atoms with Crippen molar-refractivity contribution in [2.75, 3.05) is 6.54 Å². The first kappa shape index (κ1) is 18.5. The predicted octanol–water partition coefficient (Wildman–Crippen LogP) is 5.42. The summed E-state index contributed by atoms with van der Waals surface area (Å²) in [6, 6.07) is 12.7. The van der Waals surface area contributed by atoms with Gasteiger partial charge in [0.15, 0.2) is 0 Å². The lowest BCUT2D eigenvalue weighted by Crippen LogP contribution is -2.30. The molecule has 126 valence electrons. The molecule has 1 amide bonds. The van der Waals surface area contributed by atoms with Crippen LogP contribution in [0.1, 0.15) is 26.3 Å². The van der Waals surface area contributed by atoms with E-state index in [0.29, 0.717) is 6.54 Å². The molecular weight excluding hydrogens is 362 g/mol. The summed E-state index contributed by atoms with van der Waals surface area (Å²) in [7, 11) is 0. The highest BCUT2D eigenvalue weighted by molar-refractivity contribution is 9.10. The molecule has 2 aromatic rings. The zero-order valence-electron chi connectivity index (χ0n) is 14.5. The van der Waals surface area contributed by atoms with Crippen LogP contribution in [0.2, 0.25) is 0 Å². The van der Waals surface area contributed by atoms with Crippen LogP contribution >= 0.6 is 15.9 Å². The lowest BCUT2D eigenvalue weighted by molar-refractivity contribution is -0.116. The second-order valence-electron chi connectivity index (χ2n) is 7.07.